The van der Waals surface area contributed by atoms with E-state index in [0.717, 1.165) is 17.2 Å². The molecule has 4 heteroatoms. The van der Waals surface area contributed by atoms with Crippen LogP contribution in [0.1, 0.15) is 37.0 Å². The highest BCUT2D eigenvalue weighted by Gasteiger charge is 2.32. The van der Waals surface area contributed by atoms with Crippen LogP contribution in [-0.2, 0) is 12.0 Å². The topological polar surface area (TPSA) is 54.7 Å². The number of hydrogen-bond acceptors (Lipinski definition) is 3. The number of hydrogen-bond donors (Lipinski definition) is 2. The predicted molar refractivity (Wildman–Crippen MR) is 65.1 cm³/mol. The largest absolute Gasteiger partial charge is 0.345 e. The first kappa shape index (κ1) is 11.0. The molecule has 3 N–H and O–H groups in total. The van der Waals surface area contributed by atoms with Gasteiger partial charge in [0.1, 0.15) is 5.82 Å². The number of nitrogens with two attached hydrogens (primary N) is 1. The molecule has 0 amide bonds. The number of nitrogens with zero attached hydrogens (tertiary/aromatic N) is 1. The maximum absolute atomic E-state index is 5.65. The Balaban J connectivity index is 2.27. The van der Waals surface area contributed by atoms with E-state index in [1.165, 1.54) is 24.3 Å². The van der Waals surface area contributed by atoms with Crippen molar-refractivity contribution >= 4 is 11.8 Å². The van der Waals surface area contributed by atoms with Gasteiger partial charge in [-0.3, -0.25) is 0 Å². The number of aryl methyl sites for hydroxylation is 1. The average Bonchev–Trinajstić information content (AvgIpc) is 2.61. The quantitative estimate of drug-likeness (QED) is 0.809. The van der Waals surface area contributed by atoms with Crippen LogP contribution >= 0.6 is 11.8 Å². The maximum atomic E-state index is 5.65. The molecule has 2 rings (SSSR count). The zero-order chi connectivity index (χ0) is 10.9. The van der Waals surface area contributed by atoms with Crippen molar-refractivity contribution in [3.05, 3.63) is 17.2 Å². The van der Waals surface area contributed by atoms with E-state index in [1.54, 1.807) is 0 Å². The molecule has 1 fully saturated rings. The fraction of sp³-hybridized carbons (Fsp3) is 0.727. The van der Waals surface area contributed by atoms with Crippen molar-refractivity contribution in [1.82, 2.24) is 9.97 Å². The fourth-order valence-corrected chi connectivity index (χ4v) is 3.43. The van der Waals surface area contributed by atoms with Gasteiger partial charge in [-0.2, -0.15) is 11.8 Å². The zero-order valence-corrected chi connectivity index (χ0v) is 10.3. The van der Waals surface area contributed by atoms with Crippen LogP contribution in [-0.4, -0.2) is 21.5 Å². The Morgan fingerprint density at radius 2 is 2.13 bits per heavy atom. The summed E-state index contributed by atoms with van der Waals surface area (Å²) >= 11 is 2.04. The highest BCUT2D eigenvalue weighted by atomic mass is 32.2. The molecular formula is C11H19N3S. The van der Waals surface area contributed by atoms with Gasteiger partial charge in [0.25, 0.3) is 0 Å². The van der Waals surface area contributed by atoms with Crippen LogP contribution in [0.25, 0.3) is 0 Å². The Morgan fingerprint density at radius 3 is 2.67 bits per heavy atom. The van der Waals surface area contributed by atoms with Crippen LogP contribution in [0.4, 0.5) is 0 Å². The second-order valence-corrected chi connectivity index (χ2v) is 5.76. The minimum Gasteiger partial charge on any atom is -0.345 e. The molecule has 1 aliphatic heterocycles. The van der Waals surface area contributed by atoms with Crippen molar-refractivity contribution in [3.8, 4) is 0 Å². The van der Waals surface area contributed by atoms with Crippen LogP contribution < -0.4 is 5.73 Å². The molecule has 0 aliphatic carbocycles. The van der Waals surface area contributed by atoms with Gasteiger partial charge in [0.15, 0.2) is 0 Å². The molecule has 0 unspecified atom stereocenters. The second kappa shape index (κ2) is 4.18. The lowest BCUT2D eigenvalue weighted by Gasteiger charge is -2.31. The van der Waals surface area contributed by atoms with Crippen LogP contribution in [0.5, 0.6) is 0 Å². The minimum absolute atomic E-state index is 0.240. The Morgan fingerprint density at radius 1 is 1.47 bits per heavy atom. The normalized spacial score (nSPS) is 20.5. The third-order valence-electron chi connectivity index (χ3n) is 3.35. The van der Waals surface area contributed by atoms with Gasteiger partial charge in [-0.25, -0.2) is 4.98 Å². The summed E-state index contributed by atoms with van der Waals surface area (Å²) in [5, 5.41) is 0. The van der Waals surface area contributed by atoms with Gasteiger partial charge in [0.2, 0.25) is 0 Å². The van der Waals surface area contributed by atoms with Crippen molar-refractivity contribution in [1.29, 1.82) is 0 Å². The molecule has 2 heterocycles. The molecule has 1 aromatic rings. The molecule has 1 aromatic heterocycles. The van der Waals surface area contributed by atoms with Gasteiger partial charge < -0.3 is 10.7 Å². The molecule has 1 aliphatic rings. The number of aromatic amines is 1. The minimum atomic E-state index is 0.240. The van der Waals surface area contributed by atoms with Crippen molar-refractivity contribution < 1.29 is 0 Å². The standard InChI is InChI=1S/C11H19N3S/c1-8-9(7-12)14-10(13-8)11(2)3-5-15-6-4-11/h3-7,12H2,1-2H3,(H,13,14). The van der Waals surface area contributed by atoms with Crippen molar-refractivity contribution in [2.75, 3.05) is 11.5 Å². The number of H-pyrrole nitrogens is 1. The summed E-state index contributed by atoms with van der Waals surface area (Å²) in [4.78, 5) is 8.04. The van der Waals surface area contributed by atoms with Crippen molar-refractivity contribution in [3.63, 3.8) is 0 Å². The van der Waals surface area contributed by atoms with Crippen molar-refractivity contribution in [2.24, 2.45) is 5.73 Å². The van der Waals surface area contributed by atoms with Crippen molar-refractivity contribution in [2.45, 2.75) is 38.6 Å². The number of aromatic nitrogens is 2. The van der Waals surface area contributed by atoms with E-state index in [1.807, 2.05) is 11.8 Å². The van der Waals surface area contributed by atoms with Crippen LogP contribution in [0.15, 0.2) is 0 Å². The van der Waals surface area contributed by atoms with E-state index >= 15 is 0 Å². The monoisotopic (exact) mass is 225 g/mol. The first-order valence-electron chi connectivity index (χ1n) is 5.49. The summed E-state index contributed by atoms with van der Waals surface area (Å²) in [6.07, 6.45) is 2.43. The van der Waals surface area contributed by atoms with Crippen LogP contribution in [0.3, 0.4) is 0 Å². The SMILES string of the molecule is Cc1[nH]c(C2(C)CCSCC2)nc1CN. The number of thioether (sulfide) groups is 1. The van der Waals surface area contributed by atoms with Gasteiger partial charge >= 0.3 is 0 Å². The molecular weight excluding hydrogens is 206 g/mol. The molecule has 0 atom stereocenters. The summed E-state index contributed by atoms with van der Waals surface area (Å²) < 4.78 is 0. The molecule has 0 aromatic carbocycles. The van der Waals surface area contributed by atoms with E-state index in [0.29, 0.717) is 6.54 Å². The number of nitrogens with one attached hydrogen (secondary N) is 1. The summed E-state index contributed by atoms with van der Waals surface area (Å²) in [5.41, 5.74) is 8.04. The Labute approximate surface area is 95.2 Å². The third-order valence-corrected chi connectivity index (χ3v) is 4.33. The average molecular weight is 225 g/mol. The summed E-state index contributed by atoms with van der Waals surface area (Å²) in [6, 6.07) is 0. The summed E-state index contributed by atoms with van der Waals surface area (Å²) in [7, 11) is 0. The molecule has 0 saturated carbocycles. The number of rotatable bonds is 2. The van der Waals surface area contributed by atoms with E-state index in [2.05, 4.69) is 23.8 Å². The lowest BCUT2D eigenvalue weighted by atomic mass is 9.83. The first-order valence-corrected chi connectivity index (χ1v) is 6.65. The lowest BCUT2D eigenvalue weighted by Crippen LogP contribution is -2.28. The molecule has 3 nitrogen and oxygen atoms in total. The van der Waals surface area contributed by atoms with E-state index < -0.39 is 0 Å². The summed E-state index contributed by atoms with van der Waals surface area (Å²) in [5.74, 6) is 3.63. The number of imidazole rings is 1. The van der Waals surface area contributed by atoms with Gasteiger partial charge in [0.05, 0.1) is 5.69 Å². The molecule has 15 heavy (non-hydrogen) atoms. The molecule has 1 saturated heterocycles. The fourth-order valence-electron chi connectivity index (χ4n) is 2.04. The molecule has 0 bridgehead atoms. The Bertz CT molecular complexity index is 340. The van der Waals surface area contributed by atoms with Gasteiger partial charge in [0, 0.05) is 17.7 Å². The van der Waals surface area contributed by atoms with E-state index in [4.69, 9.17) is 5.73 Å². The lowest BCUT2D eigenvalue weighted by molar-refractivity contribution is 0.412. The highest BCUT2D eigenvalue weighted by molar-refractivity contribution is 7.99. The zero-order valence-electron chi connectivity index (χ0n) is 9.47. The smallest absolute Gasteiger partial charge is 0.112 e. The van der Waals surface area contributed by atoms with Crippen LogP contribution in [0, 0.1) is 6.92 Å². The van der Waals surface area contributed by atoms with Gasteiger partial charge in [-0.05, 0) is 31.3 Å². The predicted octanol–water partition coefficient (Wildman–Crippen LogP) is 1.96. The highest BCUT2D eigenvalue weighted by Crippen LogP contribution is 2.36. The summed E-state index contributed by atoms with van der Waals surface area (Å²) in [6.45, 7) is 4.90. The van der Waals surface area contributed by atoms with E-state index in [-0.39, 0.29) is 5.41 Å². The van der Waals surface area contributed by atoms with Crippen LogP contribution in [0.2, 0.25) is 0 Å². The van der Waals surface area contributed by atoms with Gasteiger partial charge in [-0.15, -0.1) is 0 Å². The van der Waals surface area contributed by atoms with E-state index in [9.17, 15) is 0 Å². The van der Waals surface area contributed by atoms with Gasteiger partial charge in [-0.1, -0.05) is 6.92 Å². The Kier molecular flexibility index (Phi) is 3.07. The first-order chi connectivity index (χ1) is 7.15. The molecule has 0 radical (unpaired) electrons. The Hall–Kier alpha value is -0.480. The second-order valence-electron chi connectivity index (χ2n) is 4.53. The molecule has 84 valence electrons. The molecule has 0 spiro atoms. The maximum Gasteiger partial charge on any atom is 0.112 e. The third kappa shape index (κ3) is 2.06.